The number of rotatable bonds is 5. The van der Waals surface area contributed by atoms with Crippen molar-refractivity contribution in [3.8, 4) is 5.75 Å². The third-order valence-electron chi connectivity index (χ3n) is 4.88. The summed E-state index contributed by atoms with van der Waals surface area (Å²) < 4.78 is 5.12. The number of carbonyl (C=O) groups is 2. The maximum atomic E-state index is 12.5. The molecule has 1 N–H and O–H groups in total. The minimum absolute atomic E-state index is 0.0216. The van der Waals surface area contributed by atoms with Gasteiger partial charge in [-0.25, -0.2) is 0 Å². The molecule has 7 heteroatoms. The fourth-order valence-electron chi connectivity index (χ4n) is 3.25. The molecular formula is C21H24ClN3O3. The van der Waals surface area contributed by atoms with Gasteiger partial charge in [-0.2, -0.15) is 0 Å². The van der Waals surface area contributed by atoms with Crippen LogP contribution in [0.2, 0.25) is 5.02 Å². The number of piperazine rings is 1. The van der Waals surface area contributed by atoms with Crippen LogP contribution in [0.3, 0.4) is 0 Å². The first-order chi connectivity index (χ1) is 13.5. The molecular weight excluding hydrogens is 378 g/mol. The van der Waals surface area contributed by atoms with Crippen molar-refractivity contribution in [3.63, 3.8) is 0 Å². The minimum atomic E-state index is -0.291. The summed E-state index contributed by atoms with van der Waals surface area (Å²) in [5.74, 6) is 0.227. The van der Waals surface area contributed by atoms with Crippen molar-refractivity contribution in [1.82, 2.24) is 10.2 Å². The number of nitrogens with zero attached hydrogens (tertiary/aromatic N) is 2. The van der Waals surface area contributed by atoms with Gasteiger partial charge >= 0.3 is 0 Å². The van der Waals surface area contributed by atoms with Crippen LogP contribution in [0.1, 0.15) is 15.9 Å². The van der Waals surface area contributed by atoms with E-state index in [9.17, 15) is 9.59 Å². The van der Waals surface area contributed by atoms with Gasteiger partial charge in [-0.15, -0.1) is 0 Å². The summed E-state index contributed by atoms with van der Waals surface area (Å²) in [4.78, 5) is 28.7. The molecule has 28 heavy (non-hydrogen) atoms. The number of hydrogen-bond donors (Lipinski definition) is 1. The van der Waals surface area contributed by atoms with Crippen LogP contribution < -0.4 is 15.0 Å². The van der Waals surface area contributed by atoms with Crippen molar-refractivity contribution in [2.45, 2.75) is 6.92 Å². The van der Waals surface area contributed by atoms with Crippen molar-refractivity contribution in [2.24, 2.45) is 0 Å². The van der Waals surface area contributed by atoms with Gasteiger partial charge in [-0.3, -0.25) is 9.59 Å². The molecule has 1 saturated heterocycles. The number of methoxy groups -OCH3 is 1. The summed E-state index contributed by atoms with van der Waals surface area (Å²) in [5.41, 5.74) is 2.73. The van der Waals surface area contributed by atoms with E-state index in [2.05, 4.69) is 17.1 Å². The van der Waals surface area contributed by atoms with Crippen LogP contribution in [0.25, 0.3) is 0 Å². The van der Waals surface area contributed by atoms with E-state index in [-0.39, 0.29) is 18.4 Å². The maximum absolute atomic E-state index is 12.5. The molecule has 0 bridgehead atoms. The van der Waals surface area contributed by atoms with Crippen molar-refractivity contribution in [3.05, 3.63) is 58.6 Å². The molecule has 2 aromatic rings. The third-order valence-corrected chi connectivity index (χ3v) is 5.11. The summed E-state index contributed by atoms with van der Waals surface area (Å²) in [7, 11) is 1.55. The average Bonchev–Trinajstić information content (AvgIpc) is 2.73. The molecule has 6 nitrogen and oxygen atoms in total. The third kappa shape index (κ3) is 4.75. The minimum Gasteiger partial charge on any atom is -0.497 e. The van der Waals surface area contributed by atoms with E-state index in [0.717, 1.165) is 24.3 Å². The number of nitrogens with one attached hydrogen (secondary N) is 1. The number of hydrogen-bond acceptors (Lipinski definition) is 4. The zero-order valence-electron chi connectivity index (χ0n) is 16.1. The molecule has 148 valence electrons. The molecule has 1 aliphatic rings. The van der Waals surface area contributed by atoms with Crippen LogP contribution in [0.15, 0.2) is 42.5 Å². The summed E-state index contributed by atoms with van der Waals surface area (Å²) in [6, 6.07) is 12.7. The largest absolute Gasteiger partial charge is 0.497 e. The Bertz CT molecular complexity index is 864. The maximum Gasteiger partial charge on any atom is 0.251 e. The van der Waals surface area contributed by atoms with Gasteiger partial charge in [0.2, 0.25) is 5.91 Å². The van der Waals surface area contributed by atoms with Crippen molar-refractivity contribution >= 4 is 29.1 Å². The molecule has 1 aliphatic heterocycles. The van der Waals surface area contributed by atoms with Gasteiger partial charge in [0.25, 0.3) is 5.91 Å². The Labute approximate surface area is 170 Å². The van der Waals surface area contributed by atoms with Gasteiger partial charge < -0.3 is 19.9 Å². The molecule has 1 heterocycles. The summed E-state index contributed by atoms with van der Waals surface area (Å²) >= 11 is 6.12. The number of carbonyl (C=O) groups excluding carboxylic acids is 2. The molecule has 0 saturated carbocycles. The standard InChI is InChI=1S/C21H24ClN3O3/c1-15-6-7-17(22)13-19(15)24-8-10-25(11-9-24)20(26)14-23-21(27)16-4-3-5-18(12-16)28-2/h3-7,12-13H,8-11,14H2,1-2H3,(H,23,27). The molecule has 1 fully saturated rings. The highest BCUT2D eigenvalue weighted by atomic mass is 35.5. The second-order valence-electron chi connectivity index (χ2n) is 6.71. The summed E-state index contributed by atoms with van der Waals surface area (Å²) in [6.45, 7) is 4.72. The Morgan fingerprint density at radius 2 is 1.86 bits per heavy atom. The van der Waals surface area contributed by atoms with E-state index >= 15 is 0 Å². The molecule has 2 aromatic carbocycles. The van der Waals surface area contributed by atoms with Gasteiger partial charge in [0.05, 0.1) is 13.7 Å². The van der Waals surface area contributed by atoms with E-state index in [0.29, 0.717) is 29.4 Å². The number of aryl methyl sites for hydroxylation is 1. The lowest BCUT2D eigenvalue weighted by Gasteiger charge is -2.37. The summed E-state index contributed by atoms with van der Waals surface area (Å²) in [5, 5.41) is 3.40. The Balaban J connectivity index is 1.51. The van der Waals surface area contributed by atoms with E-state index in [1.165, 1.54) is 0 Å². The predicted molar refractivity (Wildman–Crippen MR) is 110 cm³/mol. The lowest BCUT2D eigenvalue weighted by molar-refractivity contribution is -0.130. The number of benzene rings is 2. The number of ether oxygens (including phenoxy) is 1. The monoisotopic (exact) mass is 401 g/mol. The Kier molecular flexibility index (Phi) is 6.41. The molecule has 0 aliphatic carbocycles. The van der Waals surface area contributed by atoms with Crippen LogP contribution in [0, 0.1) is 6.92 Å². The molecule has 3 rings (SSSR count). The highest BCUT2D eigenvalue weighted by Gasteiger charge is 2.22. The van der Waals surface area contributed by atoms with Crippen molar-refractivity contribution < 1.29 is 14.3 Å². The topological polar surface area (TPSA) is 61.9 Å². The lowest BCUT2D eigenvalue weighted by Crippen LogP contribution is -2.51. The van der Waals surface area contributed by atoms with E-state index in [4.69, 9.17) is 16.3 Å². The SMILES string of the molecule is COc1cccc(C(=O)NCC(=O)N2CCN(c3cc(Cl)ccc3C)CC2)c1. The van der Waals surface area contributed by atoms with Crippen LogP contribution in [-0.2, 0) is 4.79 Å². The highest BCUT2D eigenvalue weighted by molar-refractivity contribution is 6.30. The van der Waals surface area contributed by atoms with Crippen LogP contribution in [0.5, 0.6) is 5.75 Å². The average molecular weight is 402 g/mol. The van der Waals surface area contributed by atoms with Crippen molar-refractivity contribution in [2.75, 3.05) is 44.7 Å². The molecule has 0 aromatic heterocycles. The van der Waals surface area contributed by atoms with Gasteiger partial charge in [-0.1, -0.05) is 23.7 Å². The lowest BCUT2D eigenvalue weighted by atomic mass is 10.1. The van der Waals surface area contributed by atoms with Crippen molar-refractivity contribution in [1.29, 1.82) is 0 Å². The molecule has 0 atom stereocenters. The molecule has 2 amide bonds. The van der Waals surface area contributed by atoms with Crippen LogP contribution in [-0.4, -0.2) is 56.5 Å². The van der Waals surface area contributed by atoms with Crippen LogP contribution >= 0.6 is 11.6 Å². The highest BCUT2D eigenvalue weighted by Crippen LogP contribution is 2.25. The Hall–Kier alpha value is -2.73. The number of anilines is 1. The Morgan fingerprint density at radius 3 is 2.57 bits per heavy atom. The van der Waals surface area contributed by atoms with Gasteiger partial charge in [0.15, 0.2) is 0 Å². The first-order valence-electron chi connectivity index (χ1n) is 9.19. The van der Waals surface area contributed by atoms with E-state index < -0.39 is 0 Å². The zero-order valence-corrected chi connectivity index (χ0v) is 16.8. The van der Waals surface area contributed by atoms with Crippen LogP contribution in [0.4, 0.5) is 5.69 Å². The predicted octanol–water partition coefficient (Wildman–Crippen LogP) is 2.74. The molecule has 0 radical (unpaired) electrons. The normalized spacial score (nSPS) is 14.0. The van der Waals surface area contributed by atoms with Gasteiger partial charge in [0, 0.05) is 42.5 Å². The zero-order chi connectivity index (χ0) is 20.1. The summed E-state index contributed by atoms with van der Waals surface area (Å²) in [6.07, 6.45) is 0. The number of amides is 2. The second-order valence-corrected chi connectivity index (χ2v) is 7.15. The van der Waals surface area contributed by atoms with Gasteiger partial charge in [-0.05, 0) is 42.8 Å². The fourth-order valence-corrected chi connectivity index (χ4v) is 3.42. The smallest absolute Gasteiger partial charge is 0.251 e. The quantitative estimate of drug-likeness (QED) is 0.836. The first-order valence-corrected chi connectivity index (χ1v) is 9.57. The molecule has 0 spiro atoms. The fraction of sp³-hybridized carbons (Fsp3) is 0.333. The first kappa shape index (κ1) is 20.0. The Morgan fingerprint density at radius 1 is 1.11 bits per heavy atom. The van der Waals surface area contributed by atoms with E-state index in [1.807, 2.05) is 18.2 Å². The van der Waals surface area contributed by atoms with E-state index in [1.54, 1.807) is 36.3 Å². The second kappa shape index (κ2) is 8.97. The van der Waals surface area contributed by atoms with Gasteiger partial charge in [0.1, 0.15) is 5.75 Å². The number of halogens is 1. The molecule has 0 unspecified atom stereocenters.